The molecule has 1 amide bonds. The summed E-state index contributed by atoms with van der Waals surface area (Å²) < 4.78 is 17.9. The number of esters is 1. The van der Waals surface area contributed by atoms with E-state index in [0.717, 1.165) is 16.0 Å². The summed E-state index contributed by atoms with van der Waals surface area (Å²) in [4.78, 5) is 25.0. The fourth-order valence-corrected chi connectivity index (χ4v) is 3.63. The zero-order valence-corrected chi connectivity index (χ0v) is 17.2. The molecular weight excluding hydrogens is 401 g/mol. The van der Waals surface area contributed by atoms with Gasteiger partial charge in [-0.3, -0.25) is 9.59 Å². The molecule has 0 radical (unpaired) electrons. The number of amides is 1. The van der Waals surface area contributed by atoms with E-state index in [1.165, 1.54) is 23.9 Å². The SMILES string of the molecule is O=C(COC(=O)CCSc1ccc(F)cc1)Nc1ccccc1Cc1ccccc1. The van der Waals surface area contributed by atoms with Crippen LogP contribution in [0.1, 0.15) is 17.5 Å². The van der Waals surface area contributed by atoms with Gasteiger partial charge < -0.3 is 10.1 Å². The number of benzene rings is 3. The molecule has 0 atom stereocenters. The molecule has 3 aromatic carbocycles. The predicted octanol–water partition coefficient (Wildman–Crippen LogP) is 5.08. The third kappa shape index (κ3) is 7.04. The molecule has 0 aliphatic heterocycles. The maximum absolute atomic E-state index is 12.9. The Morgan fingerprint density at radius 2 is 1.60 bits per heavy atom. The monoisotopic (exact) mass is 423 g/mol. The van der Waals surface area contributed by atoms with E-state index in [4.69, 9.17) is 4.74 Å². The molecule has 0 unspecified atom stereocenters. The van der Waals surface area contributed by atoms with Crippen molar-refractivity contribution in [1.82, 2.24) is 0 Å². The molecule has 0 saturated heterocycles. The number of ether oxygens (including phenoxy) is 1. The van der Waals surface area contributed by atoms with Gasteiger partial charge in [-0.2, -0.15) is 0 Å². The van der Waals surface area contributed by atoms with Gasteiger partial charge in [-0.25, -0.2) is 4.39 Å². The molecule has 4 nitrogen and oxygen atoms in total. The zero-order chi connectivity index (χ0) is 21.2. The van der Waals surface area contributed by atoms with Gasteiger partial charge in [-0.05, 0) is 47.9 Å². The van der Waals surface area contributed by atoms with Gasteiger partial charge in [0, 0.05) is 16.3 Å². The summed E-state index contributed by atoms with van der Waals surface area (Å²) in [7, 11) is 0. The lowest BCUT2D eigenvalue weighted by Crippen LogP contribution is -2.21. The Hall–Kier alpha value is -3.12. The maximum atomic E-state index is 12.9. The Labute approximate surface area is 179 Å². The average Bonchev–Trinajstić information content (AvgIpc) is 2.76. The molecule has 0 saturated carbocycles. The minimum absolute atomic E-state index is 0.167. The molecular formula is C24H22FNO3S. The predicted molar refractivity (Wildman–Crippen MR) is 117 cm³/mol. The quantitative estimate of drug-likeness (QED) is 0.385. The lowest BCUT2D eigenvalue weighted by Gasteiger charge is -2.11. The Morgan fingerprint density at radius 3 is 2.37 bits per heavy atom. The molecule has 30 heavy (non-hydrogen) atoms. The Balaban J connectivity index is 1.43. The van der Waals surface area contributed by atoms with Crippen molar-refractivity contribution < 1.29 is 18.7 Å². The summed E-state index contributed by atoms with van der Waals surface area (Å²) in [6, 6.07) is 23.6. The largest absolute Gasteiger partial charge is 0.456 e. The number of anilines is 1. The highest BCUT2D eigenvalue weighted by Crippen LogP contribution is 2.20. The number of thioether (sulfide) groups is 1. The first-order valence-electron chi connectivity index (χ1n) is 9.56. The van der Waals surface area contributed by atoms with Crippen LogP contribution >= 0.6 is 11.8 Å². The van der Waals surface area contributed by atoms with E-state index >= 15 is 0 Å². The van der Waals surface area contributed by atoms with Crippen molar-refractivity contribution in [2.24, 2.45) is 0 Å². The van der Waals surface area contributed by atoms with Gasteiger partial charge in [0.25, 0.3) is 5.91 Å². The lowest BCUT2D eigenvalue weighted by atomic mass is 10.0. The van der Waals surface area contributed by atoms with Crippen molar-refractivity contribution in [2.75, 3.05) is 17.7 Å². The Morgan fingerprint density at radius 1 is 0.900 bits per heavy atom. The van der Waals surface area contributed by atoms with Crippen LogP contribution in [-0.2, 0) is 20.7 Å². The minimum atomic E-state index is -0.447. The van der Waals surface area contributed by atoms with Crippen LogP contribution in [0.2, 0.25) is 0 Å². The topological polar surface area (TPSA) is 55.4 Å². The van der Waals surface area contributed by atoms with E-state index in [0.29, 0.717) is 17.9 Å². The fourth-order valence-electron chi connectivity index (χ4n) is 2.80. The van der Waals surface area contributed by atoms with E-state index in [1.54, 1.807) is 12.1 Å². The van der Waals surface area contributed by atoms with Crippen LogP contribution in [0, 0.1) is 5.82 Å². The zero-order valence-electron chi connectivity index (χ0n) is 16.3. The van der Waals surface area contributed by atoms with Crippen molar-refractivity contribution >= 4 is 29.3 Å². The number of halogens is 1. The second-order valence-electron chi connectivity index (χ2n) is 6.58. The molecule has 3 rings (SSSR count). The molecule has 0 bridgehead atoms. The smallest absolute Gasteiger partial charge is 0.307 e. The number of hydrogen-bond donors (Lipinski definition) is 1. The van der Waals surface area contributed by atoms with Crippen molar-refractivity contribution in [1.29, 1.82) is 0 Å². The number of hydrogen-bond acceptors (Lipinski definition) is 4. The van der Waals surface area contributed by atoms with Crippen LogP contribution < -0.4 is 5.32 Å². The molecule has 6 heteroatoms. The van der Waals surface area contributed by atoms with Gasteiger partial charge in [0.1, 0.15) is 5.82 Å². The van der Waals surface area contributed by atoms with Gasteiger partial charge in [0.05, 0.1) is 6.42 Å². The van der Waals surface area contributed by atoms with E-state index in [1.807, 2.05) is 54.6 Å². The summed E-state index contributed by atoms with van der Waals surface area (Å²) in [5.74, 6) is -0.631. The van der Waals surface area contributed by atoms with E-state index in [-0.39, 0.29) is 24.8 Å². The van der Waals surface area contributed by atoms with Crippen LogP contribution in [0.5, 0.6) is 0 Å². The van der Waals surface area contributed by atoms with Crippen molar-refractivity contribution in [3.63, 3.8) is 0 Å². The number of carbonyl (C=O) groups is 2. The van der Waals surface area contributed by atoms with E-state index in [9.17, 15) is 14.0 Å². The van der Waals surface area contributed by atoms with E-state index < -0.39 is 5.97 Å². The van der Waals surface area contributed by atoms with E-state index in [2.05, 4.69) is 5.32 Å². The first-order chi connectivity index (χ1) is 14.6. The summed E-state index contributed by atoms with van der Waals surface area (Å²) in [5, 5.41) is 2.82. The molecule has 0 aliphatic rings. The highest BCUT2D eigenvalue weighted by molar-refractivity contribution is 7.99. The normalized spacial score (nSPS) is 10.4. The van der Waals surface area contributed by atoms with Crippen LogP contribution in [0.15, 0.2) is 83.8 Å². The maximum Gasteiger partial charge on any atom is 0.307 e. The first-order valence-corrected chi connectivity index (χ1v) is 10.5. The second-order valence-corrected chi connectivity index (χ2v) is 7.75. The van der Waals surface area contributed by atoms with Gasteiger partial charge in [-0.15, -0.1) is 11.8 Å². The Bertz CT molecular complexity index is 977. The number of para-hydroxylation sites is 1. The molecule has 0 fully saturated rings. The van der Waals surface area contributed by atoms with Gasteiger partial charge in [0.15, 0.2) is 6.61 Å². The van der Waals surface area contributed by atoms with Gasteiger partial charge >= 0.3 is 5.97 Å². The number of carbonyl (C=O) groups excluding carboxylic acids is 2. The summed E-state index contributed by atoms with van der Waals surface area (Å²) >= 11 is 1.43. The average molecular weight is 424 g/mol. The van der Waals surface area contributed by atoms with Crippen molar-refractivity contribution in [3.8, 4) is 0 Å². The first kappa shape index (κ1) is 21.6. The Kier molecular flexibility index (Phi) is 8.03. The minimum Gasteiger partial charge on any atom is -0.456 e. The number of rotatable bonds is 9. The van der Waals surface area contributed by atoms with Gasteiger partial charge in [0.2, 0.25) is 0 Å². The van der Waals surface area contributed by atoms with Crippen LogP contribution in [0.25, 0.3) is 0 Å². The van der Waals surface area contributed by atoms with Crippen molar-refractivity contribution in [3.05, 3.63) is 95.8 Å². The third-order valence-corrected chi connectivity index (χ3v) is 5.30. The lowest BCUT2D eigenvalue weighted by molar-refractivity contribution is -0.146. The third-order valence-electron chi connectivity index (χ3n) is 4.28. The summed E-state index contributed by atoms with van der Waals surface area (Å²) in [6.45, 7) is -0.334. The standard InChI is InChI=1S/C24H22FNO3S/c25-20-10-12-21(13-11-20)30-15-14-24(28)29-17-23(27)26-22-9-5-4-8-19(22)16-18-6-2-1-3-7-18/h1-13H,14-17H2,(H,26,27). The highest BCUT2D eigenvalue weighted by Gasteiger charge is 2.10. The molecule has 154 valence electrons. The molecule has 0 heterocycles. The van der Waals surface area contributed by atoms with Gasteiger partial charge in [-0.1, -0.05) is 48.5 Å². The van der Waals surface area contributed by atoms with Crippen LogP contribution in [0.4, 0.5) is 10.1 Å². The fraction of sp³-hybridized carbons (Fsp3) is 0.167. The molecule has 0 aromatic heterocycles. The van der Waals surface area contributed by atoms with Crippen molar-refractivity contribution in [2.45, 2.75) is 17.7 Å². The highest BCUT2D eigenvalue weighted by atomic mass is 32.2. The molecule has 1 N–H and O–H groups in total. The molecule has 0 spiro atoms. The second kappa shape index (κ2) is 11.2. The molecule has 0 aliphatic carbocycles. The molecule has 3 aromatic rings. The van der Waals surface area contributed by atoms with Crippen LogP contribution in [-0.4, -0.2) is 24.2 Å². The van der Waals surface area contributed by atoms with Crippen LogP contribution in [0.3, 0.4) is 0 Å². The summed E-state index contributed by atoms with van der Waals surface area (Å²) in [5.41, 5.74) is 2.83. The summed E-state index contributed by atoms with van der Waals surface area (Å²) in [6.07, 6.45) is 0.859. The number of nitrogens with one attached hydrogen (secondary N) is 1.